The van der Waals surface area contributed by atoms with E-state index in [1.165, 1.54) is 6.92 Å². The molecule has 0 radical (unpaired) electrons. The van der Waals surface area contributed by atoms with Gasteiger partial charge in [-0.15, -0.1) is 0 Å². The number of hydrogen-bond acceptors (Lipinski definition) is 3. The highest BCUT2D eigenvalue weighted by Gasteiger charge is 2.21. The number of carboxylic acids is 1. The lowest BCUT2D eigenvalue weighted by molar-refractivity contribution is -0.127. The van der Waals surface area contributed by atoms with Gasteiger partial charge in [0.1, 0.15) is 0 Å². The Labute approximate surface area is 114 Å². The number of amides is 1. The molecule has 0 aromatic heterocycles. The van der Waals surface area contributed by atoms with Crippen LogP contribution in [-0.4, -0.2) is 29.1 Å². The summed E-state index contributed by atoms with van der Waals surface area (Å²) in [5.41, 5.74) is -0.536. The minimum atomic E-state index is -1.46. The first-order valence-electron chi connectivity index (χ1n) is 5.91. The number of benzene rings is 1. The predicted octanol–water partition coefficient (Wildman–Crippen LogP) is 1.95. The lowest BCUT2D eigenvalue weighted by Crippen LogP contribution is -2.40. The van der Waals surface area contributed by atoms with Gasteiger partial charge in [0.2, 0.25) is 0 Å². The fraction of sp³-hybridized carbons (Fsp3) is 0.385. The molecule has 1 aromatic carbocycles. The van der Waals surface area contributed by atoms with Crippen LogP contribution >= 0.6 is 0 Å². The Hall–Kier alpha value is -2.18. The van der Waals surface area contributed by atoms with Crippen molar-refractivity contribution in [1.29, 1.82) is 0 Å². The molecule has 20 heavy (non-hydrogen) atoms. The third kappa shape index (κ3) is 3.91. The molecule has 0 bridgehead atoms. The number of carboxylic acid groups (broad SMARTS) is 1. The van der Waals surface area contributed by atoms with Gasteiger partial charge >= 0.3 is 5.97 Å². The largest absolute Gasteiger partial charge is 0.478 e. The van der Waals surface area contributed by atoms with Crippen LogP contribution in [0.5, 0.6) is 5.75 Å². The average molecular weight is 287 g/mol. The molecule has 2 N–H and O–H groups in total. The van der Waals surface area contributed by atoms with Gasteiger partial charge < -0.3 is 15.2 Å². The molecule has 0 fully saturated rings. The van der Waals surface area contributed by atoms with Crippen molar-refractivity contribution in [2.24, 2.45) is 0 Å². The van der Waals surface area contributed by atoms with Crippen LogP contribution in [0, 0.1) is 11.6 Å². The molecule has 5 nitrogen and oxygen atoms in total. The van der Waals surface area contributed by atoms with Gasteiger partial charge in [-0.1, -0.05) is 0 Å². The van der Waals surface area contributed by atoms with Crippen LogP contribution in [0.1, 0.15) is 31.1 Å². The molecule has 1 aromatic rings. The molecule has 0 aliphatic carbocycles. The van der Waals surface area contributed by atoms with Crippen molar-refractivity contribution in [3.63, 3.8) is 0 Å². The van der Waals surface area contributed by atoms with Crippen LogP contribution in [0.3, 0.4) is 0 Å². The summed E-state index contributed by atoms with van der Waals surface area (Å²) in [6.45, 7) is 4.79. The minimum absolute atomic E-state index is 0.141. The van der Waals surface area contributed by atoms with Crippen molar-refractivity contribution in [2.75, 3.05) is 0 Å². The molecule has 110 valence electrons. The Morgan fingerprint density at radius 3 is 2.10 bits per heavy atom. The van der Waals surface area contributed by atoms with Gasteiger partial charge in [-0.05, 0) is 32.9 Å². The number of nitrogens with one attached hydrogen (secondary N) is 1. The van der Waals surface area contributed by atoms with Crippen molar-refractivity contribution in [1.82, 2.24) is 5.32 Å². The van der Waals surface area contributed by atoms with E-state index in [9.17, 15) is 18.4 Å². The van der Waals surface area contributed by atoms with Crippen molar-refractivity contribution < 1.29 is 28.2 Å². The third-order valence-corrected chi connectivity index (χ3v) is 2.34. The van der Waals surface area contributed by atoms with E-state index in [0.29, 0.717) is 12.1 Å². The highest BCUT2D eigenvalue weighted by molar-refractivity contribution is 5.87. The van der Waals surface area contributed by atoms with Crippen LogP contribution < -0.4 is 10.1 Å². The summed E-state index contributed by atoms with van der Waals surface area (Å²) in [7, 11) is 0. The Morgan fingerprint density at radius 2 is 1.70 bits per heavy atom. The quantitative estimate of drug-likeness (QED) is 0.868. The zero-order valence-corrected chi connectivity index (χ0v) is 11.2. The van der Waals surface area contributed by atoms with Gasteiger partial charge in [0.15, 0.2) is 23.5 Å². The molecule has 0 spiro atoms. The highest BCUT2D eigenvalue weighted by atomic mass is 19.1. The second-order valence-corrected chi connectivity index (χ2v) is 4.50. The number of hydrogen-bond donors (Lipinski definition) is 2. The molecule has 0 aliphatic heterocycles. The van der Waals surface area contributed by atoms with Crippen molar-refractivity contribution >= 4 is 11.9 Å². The summed E-state index contributed by atoms with van der Waals surface area (Å²) in [4.78, 5) is 22.2. The molecule has 0 saturated heterocycles. The Bertz CT molecular complexity index is 508. The van der Waals surface area contributed by atoms with Crippen LogP contribution in [-0.2, 0) is 4.79 Å². The number of halogens is 2. The van der Waals surface area contributed by atoms with Gasteiger partial charge in [0.25, 0.3) is 5.91 Å². The number of aromatic carboxylic acids is 1. The van der Waals surface area contributed by atoms with E-state index < -0.39 is 40.9 Å². The monoisotopic (exact) mass is 287 g/mol. The summed E-state index contributed by atoms with van der Waals surface area (Å²) in [5.74, 6) is -5.11. The van der Waals surface area contributed by atoms with Crippen LogP contribution in [0.25, 0.3) is 0 Å². The third-order valence-electron chi connectivity index (χ3n) is 2.34. The Morgan fingerprint density at radius 1 is 1.20 bits per heavy atom. The summed E-state index contributed by atoms with van der Waals surface area (Å²) < 4.78 is 32.1. The lowest BCUT2D eigenvalue weighted by Gasteiger charge is -2.17. The van der Waals surface area contributed by atoms with Gasteiger partial charge in [0, 0.05) is 6.04 Å². The fourth-order valence-corrected chi connectivity index (χ4v) is 1.43. The molecular formula is C13H15F2NO4. The van der Waals surface area contributed by atoms with Gasteiger partial charge in [-0.3, -0.25) is 4.79 Å². The van der Waals surface area contributed by atoms with Crippen molar-refractivity contribution in [2.45, 2.75) is 32.9 Å². The van der Waals surface area contributed by atoms with E-state index in [0.717, 1.165) is 0 Å². The average Bonchev–Trinajstić information content (AvgIpc) is 2.32. The normalized spacial score (nSPS) is 12.1. The summed E-state index contributed by atoms with van der Waals surface area (Å²) >= 11 is 0. The number of carbonyl (C=O) groups is 2. The first-order chi connectivity index (χ1) is 9.22. The predicted molar refractivity (Wildman–Crippen MR) is 66.7 cm³/mol. The molecule has 0 aliphatic rings. The van der Waals surface area contributed by atoms with Gasteiger partial charge in [0.05, 0.1) is 5.56 Å². The first-order valence-corrected chi connectivity index (χ1v) is 5.91. The van der Waals surface area contributed by atoms with Gasteiger partial charge in [-0.2, -0.15) is 0 Å². The smallest absolute Gasteiger partial charge is 0.335 e. The summed E-state index contributed by atoms with van der Waals surface area (Å²) in [6, 6.07) is 1.12. The Kier molecular flexibility index (Phi) is 5.01. The van der Waals surface area contributed by atoms with Crippen molar-refractivity contribution in [3.8, 4) is 5.75 Å². The zero-order chi connectivity index (χ0) is 15.4. The molecule has 0 saturated carbocycles. The van der Waals surface area contributed by atoms with Crippen LogP contribution in [0.4, 0.5) is 8.78 Å². The summed E-state index contributed by atoms with van der Waals surface area (Å²) in [6.07, 6.45) is -1.11. The Balaban J connectivity index is 2.93. The van der Waals surface area contributed by atoms with Crippen LogP contribution in [0.2, 0.25) is 0 Å². The van der Waals surface area contributed by atoms with Gasteiger partial charge in [-0.25, -0.2) is 13.6 Å². The van der Waals surface area contributed by atoms with E-state index in [2.05, 4.69) is 5.32 Å². The van der Waals surface area contributed by atoms with Crippen molar-refractivity contribution in [3.05, 3.63) is 29.3 Å². The van der Waals surface area contributed by atoms with E-state index >= 15 is 0 Å². The maximum absolute atomic E-state index is 13.6. The van der Waals surface area contributed by atoms with E-state index in [4.69, 9.17) is 9.84 Å². The first kappa shape index (κ1) is 15.9. The second-order valence-electron chi connectivity index (χ2n) is 4.50. The van der Waals surface area contributed by atoms with E-state index in [-0.39, 0.29) is 6.04 Å². The number of ether oxygens (including phenoxy) is 1. The minimum Gasteiger partial charge on any atom is -0.478 e. The van der Waals surface area contributed by atoms with E-state index in [1.54, 1.807) is 13.8 Å². The molecule has 1 rings (SSSR count). The SMILES string of the molecule is CC(C)NC(=O)C(C)Oc1c(F)cc(C(=O)O)cc1F. The summed E-state index contributed by atoms with van der Waals surface area (Å²) in [5, 5.41) is 11.2. The number of rotatable bonds is 5. The van der Waals surface area contributed by atoms with E-state index in [1.807, 2.05) is 0 Å². The van der Waals surface area contributed by atoms with Crippen LogP contribution in [0.15, 0.2) is 12.1 Å². The molecule has 1 atom stereocenters. The zero-order valence-electron chi connectivity index (χ0n) is 11.2. The molecule has 1 unspecified atom stereocenters. The maximum atomic E-state index is 13.6. The molecule has 7 heteroatoms. The lowest BCUT2D eigenvalue weighted by atomic mass is 10.2. The standard InChI is InChI=1S/C13H15F2NO4/c1-6(2)16-12(17)7(3)20-11-9(14)4-8(13(18)19)5-10(11)15/h4-7H,1-3H3,(H,16,17)(H,18,19). The second kappa shape index (κ2) is 6.31. The molecule has 0 heterocycles. The molecule has 1 amide bonds. The fourth-order valence-electron chi connectivity index (χ4n) is 1.43. The highest BCUT2D eigenvalue weighted by Crippen LogP contribution is 2.24. The number of carbonyl (C=O) groups excluding carboxylic acids is 1. The topological polar surface area (TPSA) is 75.6 Å². The molecular weight excluding hydrogens is 272 g/mol. The maximum Gasteiger partial charge on any atom is 0.335 e.